The largest absolute Gasteiger partial charge is 0.466 e. The molecule has 3 rings (SSSR count). The molecule has 0 unspecified atom stereocenters. The van der Waals surface area contributed by atoms with E-state index in [9.17, 15) is 0 Å². The molecule has 2 aromatic heterocycles. The number of aromatic nitrogens is 2. The number of aryl methyl sites for hydroxylation is 3. The second kappa shape index (κ2) is 5.17. The van der Waals surface area contributed by atoms with Crippen LogP contribution in [0, 0.1) is 13.8 Å². The van der Waals surface area contributed by atoms with Crippen molar-refractivity contribution in [3.8, 4) is 11.5 Å². The molecule has 0 spiro atoms. The number of furan rings is 1. The van der Waals surface area contributed by atoms with Crippen molar-refractivity contribution in [2.75, 3.05) is 6.54 Å². The van der Waals surface area contributed by atoms with Crippen molar-refractivity contribution in [2.24, 2.45) is 0 Å². The summed E-state index contributed by atoms with van der Waals surface area (Å²) in [5.41, 5.74) is 0.896. The van der Waals surface area contributed by atoms with Gasteiger partial charge in [0.25, 0.3) is 5.89 Å². The summed E-state index contributed by atoms with van der Waals surface area (Å²) in [5.74, 6) is 2.94. The van der Waals surface area contributed by atoms with Crippen LogP contribution in [0.15, 0.2) is 14.9 Å². The Morgan fingerprint density at radius 3 is 2.79 bits per heavy atom. The quantitative estimate of drug-likeness (QED) is 0.810. The van der Waals surface area contributed by atoms with E-state index in [1.165, 1.54) is 12.8 Å². The van der Waals surface area contributed by atoms with Crippen LogP contribution in [0.25, 0.3) is 11.5 Å². The van der Waals surface area contributed by atoms with Gasteiger partial charge < -0.3 is 14.2 Å². The van der Waals surface area contributed by atoms with Gasteiger partial charge in [-0.2, -0.15) is 0 Å². The highest BCUT2D eigenvalue weighted by Crippen LogP contribution is 2.25. The predicted octanol–water partition coefficient (Wildman–Crippen LogP) is 2.63. The predicted molar refractivity (Wildman–Crippen MR) is 70.8 cm³/mol. The van der Waals surface area contributed by atoms with Gasteiger partial charge in [0.15, 0.2) is 0 Å². The van der Waals surface area contributed by atoms with Crippen LogP contribution in [0.5, 0.6) is 0 Å². The fraction of sp³-hybridized carbons (Fsp3) is 0.571. The van der Waals surface area contributed by atoms with Crippen molar-refractivity contribution in [1.82, 2.24) is 15.5 Å². The van der Waals surface area contributed by atoms with Crippen LogP contribution < -0.4 is 5.32 Å². The Hall–Kier alpha value is -1.62. The first-order chi connectivity index (χ1) is 9.22. The monoisotopic (exact) mass is 261 g/mol. The van der Waals surface area contributed by atoms with E-state index in [2.05, 4.69) is 15.5 Å². The second-order valence-electron chi connectivity index (χ2n) is 5.16. The number of nitrogens with zero attached hydrogens (tertiary/aromatic N) is 2. The Balaban J connectivity index is 1.57. The Labute approximate surface area is 112 Å². The van der Waals surface area contributed by atoms with Crippen molar-refractivity contribution < 1.29 is 8.83 Å². The van der Waals surface area contributed by atoms with E-state index in [-0.39, 0.29) is 0 Å². The minimum atomic E-state index is 0.555. The molecule has 1 N–H and O–H groups in total. The van der Waals surface area contributed by atoms with Gasteiger partial charge in [-0.25, -0.2) is 0 Å². The molecule has 5 nitrogen and oxygen atoms in total. The molecule has 1 fully saturated rings. The summed E-state index contributed by atoms with van der Waals surface area (Å²) in [5, 5.41) is 11.7. The van der Waals surface area contributed by atoms with Crippen LogP contribution >= 0.6 is 0 Å². The first kappa shape index (κ1) is 12.4. The highest BCUT2D eigenvalue weighted by atomic mass is 16.4. The molecular formula is C14H19N3O2. The van der Waals surface area contributed by atoms with Crippen LogP contribution in [0.2, 0.25) is 0 Å². The van der Waals surface area contributed by atoms with Gasteiger partial charge in [0.2, 0.25) is 5.89 Å². The molecule has 1 aliphatic rings. The normalized spacial score (nSPS) is 15.1. The first-order valence-electron chi connectivity index (χ1n) is 6.85. The molecule has 0 amide bonds. The Bertz CT molecular complexity index is 555. The number of rotatable bonds is 6. The van der Waals surface area contributed by atoms with Crippen LogP contribution in [-0.4, -0.2) is 22.8 Å². The fourth-order valence-electron chi connectivity index (χ4n) is 2.14. The lowest BCUT2D eigenvalue weighted by molar-refractivity contribution is 0.484. The molecule has 0 saturated heterocycles. The molecule has 102 valence electrons. The molecule has 2 aromatic rings. The number of hydrogen-bond acceptors (Lipinski definition) is 5. The third-order valence-corrected chi connectivity index (χ3v) is 3.32. The molecule has 5 heteroatoms. The van der Waals surface area contributed by atoms with Crippen LogP contribution in [0.3, 0.4) is 0 Å². The Kier molecular flexibility index (Phi) is 3.38. The van der Waals surface area contributed by atoms with E-state index in [0.29, 0.717) is 11.8 Å². The summed E-state index contributed by atoms with van der Waals surface area (Å²) in [4.78, 5) is 0. The summed E-state index contributed by atoms with van der Waals surface area (Å²) >= 11 is 0. The lowest BCUT2D eigenvalue weighted by Gasteiger charge is -1.99. The van der Waals surface area contributed by atoms with Gasteiger partial charge in [-0.05, 0) is 45.7 Å². The summed E-state index contributed by atoms with van der Waals surface area (Å²) in [7, 11) is 0. The zero-order valence-electron chi connectivity index (χ0n) is 11.4. The van der Waals surface area contributed by atoms with Crippen molar-refractivity contribution in [3.63, 3.8) is 0 Å². The average Bonchev–Trinajstić information content (AvgIpc) is 2.98. The van der Waals surface area contributed by atoms with Gasteiger partial charge >= 0.3 is 0 Å². The van der Waals surface area contributed by atoms with Gasteiger partial charge in [-0.3, -0.25) is 0 Å². The Morgan fingerprint density at radius 1 is 1.26 bits per heavy atom. The zero-order valence-corrected chi connectivity index (χ0v) is 11.4. The van der Waals surface area contributed by atoms with Crippen molar-refractivity contribution in [2.45, 2.75) is 45.6 Å². The minimum absolute atomic E-state index is 0.555. The first-order valence-corrected chi connectivity index (χ1v) is 6.85. The van der Waals surface area contributed by atoms with Crippen LogP contribution in [0.1, 0.15) is 36.7 Å². The van der Waals surface area contributed by atoms with Gasteiger partial charge in [-0.1, -0.05) is 0 Å². The summed E-state index contributed by atoms with van der Waals surface area (Å²) < 4.78 is 11.1. The third-order valence-electron chi connectivity index (χ3n) is 3.32. The lowest BCUT2D eigenvalue weighted by Crippen LogP contribution is -2.17. The molecule has 0 atom stereocenters. The molecule has 1 aliphatic carbocycles. The molecule has 0 aliphatic heterocycles. The smallest absolute Gasteiger partial charge is 0.251 e. The van der Waals surface area contributed by atoms with Crippen molar-refractivity contribution >= 4 is 0 Å². The zero-order chi connectivity index (χ0) is 13.2. The van der Waals surface area contributed by atoms with Crippen molar-refractivity contribution in [3.05, 3.63) is 23.5 Å². The molecule has 0 radical (unpaired) electrons. The molecule has 2 heterocycles. The standard InChI is InChI=1S/C14H19N3O2/c1-9-8-12(10(2)18-9)14-17-16-13(19-14)4-3-7-15-11-5-6-11/h8,11,15H,3-7H2,1-2H3. The summed E-state index contributed by atoms with van der Waals surface area (Å²) in [6.45, 7) is 4.84. The fourth-order valence-corrected chi connectivity index (χ4v) is 2.14. The Morgan fingerprint density at radius 2 is 2.11 bits per heavy atom. The minimum Gasteiger partial charge on any atom is -0.466 e. The van der Waals surface area contributed by atoms with E-state index in [1.54, 1.807) is 0 Å². The van der Waals surface area contributed by atoms with E-state index < -0.39 is 0 Å². The average molecular weight is 261 g/mol. The summed E-state index contributed by atoms with van der Waals surface area (Å²) in [6, 6.07) is 2.69. The second-order valence-corrected chi connectivity index (χ2v) is 5.16. The third kappa shape index (κ3) is 3.04. The molecule has 19 heavy (non-hydrogen) atoms. The van der Waals surface area contributed by atoms with E-state index in [1.807, 2.05) is 19.9 Å². The number of hydrogen-bond donors (Lipinski definition) is 1. The highest BCUT2D eigenvalue weighted by Gasteiger charge is 2.19. The van der Waals surface area contributed by atoms with E-state index in [0.717, 1.165) is 42.5 Å². The van der Waals surface area contributed by atoms with E-state index in [4.69, 9.17) is 8.83 Å². The van der Waals surface area contributed by atoms with Gasteiger partial charge in [0.1, 0.15) is 11.5 Å². The molecular weight excluding hydrogens is 242 g/mol. The molecule has 0 bridgehead atoms. The van der Waals surface area contributed by atoms with Gasteiger partial charge in [0.05, 0.1) is 5.56 Å². The van der Waals surface area contributed by atoms with Crippen LogP contribution in [-0.2, 0) is 6.42 Å². The van der Waals surface area contributed by atoms with Gasteiger partial charge in [-0.15, -0.1) is 10.2 Å². The maximum absolute atomic E-state index is 5.68. The highest BCUT2D eigenvalue weighted by molar-refractivity contribution is 5.55. The maximum atomic E-state index is 5.68. The van der Waals surface area contributed by atoms with Gasteiger partial charge in [0, 0.05) is 12.5 Å². The molecule has 0 aromatic carbocycles. The maximum Gasteiger partial charge on any atom is 0.251 e. The SMILES string of the molecule is Cc1cc(-c2nnc(CCCNC3CC3)o2)c(C)o1. The number of nitrogens with one attached hydrogen (secondary N) is 1. The van der Waals surface area contributed by atoms with Crippen molar-refractivity contribution in [1.29, 1.82) is 0 Å². The molecule has 1 saturated carbocycles. The topological polar surface area (TPSA) is 64.1 Å². The summed E-state index contributed by atoms with van der Waals surface area (Å²) in [6.07, 6.45) is 4.50. The van der Waals surface area contributed by atoms with E-state index >= 15 is 0 Å². The van der Waals surface area contributed by atoms with Crippen LogP contribution in [0.4, 0.5) is 0 Å². The lowest BCUT2D eigenvalue weighted by atomic mass is 10.2.